The van der Waals surface area contributed by atoms with E-state index >= 15 is 0 Å². The molecular formula is C35H41ClN6O4. The number of imidazole rings is 1. The van der Waals surface area contributed by atoms with Crippen LogP contribution in [-0.2, 0) is 22.7 Å². The Morgan fingerprint density at radius 1 is 0.696 bits per heavy atom. The predicted molar refractivity (Wildman–Crippen MR) is 178 cm³/mol. The number of halogens is 1. The number of rotatable bonds is 6. The van der Waals surface area contributed by atoms with Crippen LogP contribution >= 0.6 is 11.6 Å². The van der Waals surface area contributed by atoms with Gasteiger partial charge in [-0.2, -0.15) is 0 Å². The SMILES string of the molecule is O=C(Cn1cc(C(=O)N2CCC(n3c(=O)n(CC(=O)N4CCCCC4)c4ccccc43)CC2)c2ccc(Cl)cc21)N1CCCCC1. The number of carbonyl (C=O) groups excluding carboxylic acids is 3. The lowest BCUT2D eigenvalue weighted by Gasteiger charge is -2.32. The maximum absolute atomic E-state index is 14.0. The fourth-order valence-corrected chi connectivity index (χ4v) is 7.74. The molecule has 242 valence electrons. The molecule has 0 N–H and O–H groups in total. The van der Waals surface area contributed by atoms with Crippen LogP contribution in [0.5, 0.6) is 0 Å². The second-order valence-corrected chi connectivity index (χ2v) is 13.4. The van der Waals surface area contributed by atoms with E-state index in [1.165, 1.54) is 0 Å². The Morgan fingerprint density at radius 2 is 1.30 bits per heavy atom. The van der Waals surface area contributed by atoms with Crippen molar-refractivity contribution in [3.8, 4) is 0 Å². The van der Waals surface area contributed by atoms with Gasteiger partial charge in [0.05, 0.1) is 22.1 Å². The molecule has 2 aromatic carbocycles. The molecule has 3 amide bonds. The molecule has 0 saturated carbocycles. The summed E-state index contributed by atoms with van der Waals surface area (Å²) in [6.45, 7) is 4.24. The van der Waals surface area contributed by atoms with Crippen LogP contribution in [-0.4, -0.2) is 85.4 Å². The van der Waals surface area contributed by atoms with E-state index in [-0.39, 0.29) is 42.5 Å². The summed E-state index contributed by atoms with van der Waals surface area (Å²) in [5.74, 6) is -0.0429. The molecule has 5 heterocycles. The van der Waals surface area contributed by atoms with Crippen molar-refractivity contribution in [3.05, 3.63) is 69.7 Å². The zero-order valence-electron chi connectivity index (χ0n) is 26.2. The van der Waals surface area contributed by atoms with Gasteiger partial charge < -0.3 is 19.3 Å². The summed E-state index contributed by atoms with van der Waals surface area (Å²) in [6, 6.07) is 13.1. The number of amides is 3. The number of benzene rings is 2. The second-order valence-electron chi connectivity index (χ2n) is 13.0. The quantitative estimate of drug-likeness (QED) is 0.298. The third-order valence-corrected chi connectivity index (χ3v) is 10.3. The first-order valence-electron chi connectivity index (χ1n) is 16.7. The van der Waals surface area contributed by atoms with Gasteiger partial charge in [-0.1, -0.05) is 29.8 Å². The van der Waals surface area contributed by atoms with Gasteiger partial charge in [-0.3, -0.25) is 23.5 Å². The Bertz CT molecular complexity index is 1840. The minimum Gasteiger partial charge on any atom is -0.341 e. The van der Waals surface area contributed by atoms with Crippen LogP contribution in [0.3, 0.4) is 0 Å². The number of hydrogen-bond acceptors (Lipinski definition) is 4. The molecule has 3 fully saturated rings. The van der Waals surface area contributed by atoms with Crippen molar-refractivity contribution >= 4 is 51.3 Å². The molecule has 3 saturated heterocycles. The molecule has 4 aromatic rings. The van der Waals surface area contributed by atoms with Crippen LogP contribution in [0.1, 0.15) is 67.8 Å². The largest absolute Gasteiger partial charge is 0.341 e. The summed E-state index contributed by atoms with van der Waals surface area (Å²) in [7, 11) is 0. The minimum absolute atomic E-state index is 0.0109. The predicted octanol–water partition coefficient (Wildman–Crippen LogP) is 4.91. The summed E-state index contributed by atoms with van der Waals surface area (Å²) in [5.41, 5.74) is 2.75. The average molecular weight is 645 g/mol. The molecule has 3 aliphatic rings. The monoisotopic (exact) mass is 644 g/mol. The summed E-state index contributed by atoms with van der Waals surface area (Å²) in [4.78, 5) is 59.7. The van der Waals surface area contributed by atoms with Crippen molar-refractivity contribution in [2.24, 2.45) is 0 Å². The molecule has 11 heteroatoms. The van der Waals surface area contributed by atoms with Crippen LogP contribution in [0.15, 0.2) is 53.5 Å². The van der Waals surface area contributed by atoms with Gasteiger partial charge in [0.25, 0.3) is 5.91 Å². The number of aromatic nitrogens is 3. The van der Waals surface area contributed by atoms with E-state index in [1.807, 2.05) is 60.2 Å². The fraction of sp³-hybridized carbons (Fsp3) is 0.486. The molecule has 3 aliphatic heterocycles. The molecule has 0 atom stereocenters. The molecular weight excluding hydrogens is 604 g/mol. The number of piperidine rings is 3. The second kappa shape index (κ2) is 13.0. The van der Waals surface area contributed by atoms with Gasteiger partial charge in [-0.15, -0.1) is 0 Å². The van der Waals surface area contributed by atoms with Crippen molar-refractivity contribution in [1.29, 1.82) is 0 Å². The highest BCUT2D eigenvalue weighted by Crippen LogP contribution is 2.30. The molecule has 0 unspecified atom stereocenters. The number of nitrogens with zero attached hydrogens (tertiary/aromatic N) is 6. The van der Waals surface area contributed by atoms with Crippen molar-refractivity contribution in [1.82, 2.24) is 28.4 Å². The maximum Gasteiger partial charge on any atom is 0.329 e. The Labute approximate surface area is 273 Å². The summed E-state index contributed by atoms with van der Waals surface area (Å²) in [5, 5.41) is 1.33. The highest BCUT2D eigenvalue weighted by atomic mass is 35.5. The van der Waals surface area contributed by atoms with Gasteiger partial charge in [-0.25, -0.2) is 4.79 Å². The van der Waals surface area contributed by atoms with Crippen LogP contribution in [0.4, 0.5) is 0 Å². The molecule has 2 aromatic heterocycles. The maximum atomic E-state index is 14.0. The fourth-order valence-electron chi connectivity index (χ4n) is 7.57. The lowest BCUT2D eigenvalue weighted by Crippen LogP contribution is -2.42. The third-order valence-electron chi connectivity index (χ3n) is 10.1. The van der Waals surface area contributed by atoms with Crippen LogP contribution in [0.2, 0.25) is 5.02 Å². The van der Waals surface area contributed by atoms with Gasteiger partial charge in [0.15, 0.2) is 0 Å². The van der Waals surface area contributed by atoms with Gasteiger partial charge in [0.2, 0.25) is 11.8 Å². The number of para-hydroxylation sites is 2. The van der Waals surface area contributed by atoms with Gasteiger partial charge in [0, 0.05) is 61.9 Å². The average Bonchev–Trinajstić information content (AvgIpc) is 3.58. The van der Waals surface area contributed by atoms with Crippen LogP contribution in [0, 0.1) is 0 Å². The zero-order chi connectivity index (χ0) is 31.8. The van der Waals surface area contributed by atoms with Crippen LogP contribution in [0.25, 0.3) is 21.9 Å². The smallest absolute Gasteiger partial charge is 0.329 e. The van der Waals surface area contributed by atoms with E-state index in [0.717, 1.165) is 86.6 Å². The van der Waals surface area contributed by atoms with Gasteiger partial charge >= 0.3 is 5.69 Å². The molecule has 46 heavy (non-hydrogen) atoms. The highest BCUT2D eigenvalue weighted by molar-refractivity contribution is 6.31. The highest BCUT2D eigenvalue weighted by Gasteiger charge is 2.30. The van der Waals surface area contributed by atoms with Crippen molar-refractivity contribution < 1.29 is 14.4 Å². The molecule has 0 spiro atoms. The Kier molecular flexibility index (Phi) is 8.64. The molecule has 7 rings (SSSR count). The summed E-state index contributed by atoms with van der Waals surface area (Å²) in [6.07, 6.45) is 9.38. The number of hydrogen-bond donors (Lipinski definition) is 0. The molecule has 0 radical (unpaired) electrons. The first-order chi connectivity index (χ1) is 22.4. The van der Waals surface area contributed by atoms with Gasteiger partial charge in [0.1, 0.15) is 13.1 Å². The first-order valence-corrected chi connectivity index (χ1v) is 17.1. The standard InChI is InChI=1S/C35H41ClN6O4/c36-25-11-12-27-28(22-40(31(27)21-25)23-32(43)37-15-5-1-6-16-37)34(45)39-19-13-26(14-20-39)42-30-10-4-3-9-29(30)41(35(42)46)24-33(44)38-17-7-2-8-18-38/h3-4,9-12,21-22,26H,1-2,5-8,13-20,23-24H2. The van der Waals surface area contributed by atoms with Gasteiger partial charge in [-0.05, 0) is 75.6 Å². The van der Waals surface area contributed by atoms with Crippen molar-refractivity contribution in [3.63, 3.8) is 0 Å². The minimum atomic E-state index is -0.172. The first kappa shape index (κ1) is 30.6. The van der Waals surface area contributed by atoms with Crippen molar-refractivity contribution in [2.75, 3.05) is 39.3 Å². The summed E-state index contributed by atoms with van der Waals surface area (Å²) >= 11 is 6.36. The number of carbonyl (C=O) groups is 3. The Hall–Kier alpha value is -4.05. The van der Waals surface area contributed by atoms with E-state index in [2.05, 4.69) is 0 Å². The van der Waals surface area contributed by atoms with Crippen molar-refractivity contribution in [2.45, 2.75) is 70.5 Å². The zero-order valence-corrected chi connectivity index (χ0v) is 27.0. The Balaban J connectivity index is 1.09. The topological polar surface area (TPSA) is 92.8 Å². The van der Waals surface area contributed by atoms with Crippen LogP contribution < -0.4 is 5.69 Å². The van der Waals surface area contributed by atoms with E-state index in [4.69, 9.17) is 11.6 Å². The Morgan fingerprint density at radius 3 is 1.96 bits per heavy atom. The lowest BCUT2D eigenvalue weighted by molar-refractivity contribution is -0.133. The number of likely N-dealkylation sites (tertiary alicyclic amines) is 3. The number of fused-ring (bicyclic) bond motifs is 2. The molecule has 0 bridgehead atoms. The normalized spacial score (nSPS) is 18.1. The summed E-state index contributed by atoms with van der Waals surface area (Å²) < 4.78 is 5.31. The van der Waals surface area contributed by atoms with E-state index in [1.54, 1.807) is 16.8 Å². The van der Waals surface area contributed by atoms with E-state index in [0.29, 0.717) is 36.5 Å². The molecule has 10 nitrogen and oxygen atoms in total. The van der Waals surface area contributed by atoms with E-state index < -0.39 is 0 Å². The lowest BCUT2D eigenvalue weighted by atomic mass is 10.0. The molecule has 0 aliphatic carbocycles. The van der Waals surface area contributed by atoms with E-state index in [9.17, 15) is 19.2 Å². The third kappa shape index (κ3) is 5.83.